The first-order chi connectivity index (χ1) is 10.6. The molecule has 0 bridgehead atoms. The number of amides is 2. The van der Waals surface area contributed by atoms with Crippen molar-refractivity contribution in [1.29, 1.82) is 0 Å². The van der Waals surface area contributed by atoms with Crippen LogP contribution >= 0.6 is 11.6 Å². The van der Waals surface area contributed by atoms with Gasteiger partial charge in [0.1, 0.15) is 0 Å². The van der Waals surface area contributed by atoms with Crippen LogP contribution in [0.15, 0.2) is 30.3 Å². The highest BCUT2D eigenvalue weighted by Crippen LogP contribution is 2.31. The van der Waals surface area contributed by atoms with Crippen LogP contribution in [0.2, 0.25) is 5.02 Å². The van der Waals surface area contributed by atoms with E-state index in [9.17, 15) is 9.59 Å². The molecule has 2 amide bonds. The molecule has 0 atom stereocenters. The van der Waals surface area contributed by atoms with Crippen LogP contribution in [0, 0.1) is 5.92 Å². The van der Waals surface area contributed by atoms with Gasteiger partial charge in [-0.2, -0.15) is 0 Å². The van der Waals surface area contributed by atoms with Crippen molar-refractivity contribution in [3.63, 3.8) is 0 Å². The maximum absolute atomic E-state index is 12.2. The van der Waals surface area contributed by atoms with Crippen molar-refractivity contribution in [2.24, 2.45) is 5.92 Å². The molecule has 1 saturated heterocycles. The van der Waals surface area contributed by atoms with Gasteiger partial charge in [-0.3, -0.25) is 9.59 Å². The first-order valence-electron chi connectivity index (χ1n) is 7.65. The minimum atomic E-state index is -0.00605. The molecule has 1 aliphatic heterocycles. The Hall–Kier alpha value is -1.81. The molecule has 1 aromatic rings. The van der Waals surface area contributed by atoms with Crippen LogP contribution in [-0.4, -0.2) is 47.8 Å². The van der Waals surface area contributed by atoms with Gasteiger partial charge in [0.05, 0.1) is 0 Å². The molecule has 0 aromatic heterocycles. The molecule has 4 nitrogen and oxygen atoms in total. The largest absolute Gasteiger partial charge is 0.339 e. The Morgan fingerprint density at radius 1 is 1.00 bits per heavy atom. The molecule has 0 radical (unpaired) electrons. The highest BCUT2D eigenvalue weighted by molar-refractivity contribution is 6.30. The van der Waals surface area contributed by atoms with E-state index in [4.69, 9.17) is 11.6 Å². The Morgan fingerprint density at radius 3 is 2.18 bits per heavy atom. The molecule has 5 heteroatoms. The lowest BCUT2D eigenvalue weighted by atomic mass is 10.2. The smallest absolute Gasteiger partial charge is 0.246 e. The molecular weight excluding hydrogens is 300 g/mol. The van der Waals surface area contributed by atoms with E-state index in [0.717, 1.165) is 18.4 Å². The standard InChI is InChI=1S/C17H19ClN2O2/c18-15-6-1-13(2-7-15)3-8-16(21)19-9-11-20(12-10-19)17(22)14-4-5-14/h1-3,6-8,14H,4-5,9-12H2/b8-3+. The van der Waals surface area contributed by atoms with Crippen LogP contribution in [-0.2, 0) is 9.59 Å². The molecule has 22 heavy (non-hydrogen) atoms. The number of halogens is 1. The highest BCUT2D eigenvalue weighted by Gasteiger charge is 2.34. The minimum absolute atomic E-state index is 0.00605. The first-order valence-corrected chi connectivity index (χ1v) is 8.02. The zero-order valence-corrected chi connectivity index (χ0v) is 13.1. The second-order valence-corrected chi connectivity index (χ2v) is 6.25. The third kappa shape index (κ3) is 3.69. The molecule has 1 aliphatic carbocycles. The Bertz CT molecular complexity index is 585. The average molecular weight is 319 g/mol. The fourth-order valence-electron chi connectivity index (χ4n) is 2.58. The predicted molar refractivity (Wildman–Crippen MR) is 86.4 cm³/mol. The number of rotatable bonds is 3. The van der Waals surface area contributed by atoms with Crippen molar-refractivity contribution in [2.75, 3.05) is 26.2 Å². The molecular formula is C17H19ClN2O2. The van der Waals surface area contributed by atoms with Gasteiger partial charge in [0.2, 0.25) is 11.8 Å². The zero-order valence-electron chi connectivity index (χ0n) is 12.4. The normalized spacial score (nSPS) is 18.8. The number of hydrogen-bond acceptors (Lipinski definition) is 2. The summed E-state index contributed by atoms with van der Waals surface area (Å²) in [6.45, 7) is 2.52. The van der Waals surface area contributed by atoms with Gasteiger partial charge in [-0.15, -0.1) is 0 Å². The molecule has 0 N–H and O–H groups in total. The van der Waals surface area contributed by atoms with Crippen LogP contribution in [0.5, 0.6) is 0 Å². The summed E-state index contributed by atoms with van der Waals surface area (Å²) < 4.78 is 0. The highest BCUT2D eigenvalue weighted by atomic mass is 35.5. The number of carbonyl (C=O) groups is 2. The number of hydrogen-bond donors (Lipinski definition) is 0. The third-order valence-electron chi connectivity index (χ3n) is 4.12. The first kappa shape index (κ1) is 15.1. The summed E-state index contributed by atoms with van der Waals surface area (Å²) >= 11 is 5.83. The van der Waals surface area contributed by atoms with E-state index in [2.05, 4.69) is 0 Å². The number of piperazine rings is 1. The Balaban J connectivity index is 1.51. The second-order valence-electron chi connectivity index (χ2n) is 5.81. The van der Waals surface area contributed by atoms with Crippen LogP contribution in [0.25, 0.3) is 6.08 Å². The van der Waals surface area contributed by atoms with E-state index in [1.165, 1.54) is 0 Å². The van der Waals surface area contributed by atoms with E-state index >= 15 is 0 Å². The number of carbonyl (C=O) groups excluding carboxylic acids is 2. The summed E-state index contributed by atoms with van der Waals surface area (Å²) in [4.78, 5) is 27.8. The Labute approximate surface area is 135 Å². The van der Waals surface area contributed by atoms with Gasteiger partial charge in [0.15, 0.2) is 0 Å². The van der Waals surface area contributed by atoms with E-state index in [1.807, 2.05) is 17.0 Å². The van der Waals surface area contributed by atoms with Gasteiger partial charge >= 0.3 is 0 Å². The van der Waals surface area contributed by atoms with Gasteiger partial charge in [0, 0.05) is 43.2 Å². The summed E-state index contributed by atoms with van der Waals surface area (Å²) in [5.41, 5.74) is 0.945. The quantitative estimate of drug-likeness (QED) is 0.803. The predicted octanol–water partition coefficient (Wildman–Crippen LogP) is 2.43. The SMILES string of the molecule is O=C(/C=C/c1ccc(Cl)cc1)N1CCN(C(=O)C2CC2)CC1. The maximum Gasteiger partial charge on any atom is 0.246 e. The lowest BCUT2D eigenvalue weighted by molar-refractivity contribution is -0.138. The molecule has 1 saturated carbocycles. The molecule has 2 fully saturated rings. The van der Waals surface area contributed by atoms with Gasteiger partial charge in [-0.25, -0.2) is 0 Å². The molecule has 116 valence electrons. The van der Waals surface area contributed by atoms with Crippen molar-refractivity contribution in [3.8, 4) is 0 Å². The van der Waals surface area contributed by atoms with Crippen LogP contribution in [0.3, 0.4) is 0 Å². The molecule has 1 heterocycles. The van der Waals surface area contributed by atoms with Crippen molar-refractivity contribution in [3.05, 3.63) is 40.9 Å². The van der Waals surface area contributed by atoms with E-state index < -0.39 is 0 Å². The third-order valence-corrected chi connectivity index (χ3v) is 4.37. The average Bonchev–Trinajstić information content (AvgIpc) is 3.38. The Kier molecular flexibility index (Phi) is 4.48. The van der Waals surface area contributed by atoms with Crippen molar-refractivity contribution < 1.29 is 9.59 Å². The Morgan fingerprint density at radius 2 is 1.59 bits per heavy atom. The molecule has 1 aromatic carbocycles. The second kappa shape index (κ2) is 6.53. The van der Waals surface area contributed by atoms with Crippen LogP contribution in [0.1, 0.15) is 18.4 Å². The monoisotopic (exact) mass is 318 g/mol. The zero-order chi connectivity index (χ0) is 15.5. The van der Waals surface area contributed by atoms with Crippen molar-refractivity contribution in [1.82, 2.24) is 9.80 Å². The van der Waals surface area contributed by atoms with Crippen molar-refractivity contribution in [2.45, 2.75) is 12.8 Å². The topological polar surface area (TPSA) is 40.6 Å². The molecule has 3 rings (SSSR count). The lowest BCUT2D eigenvalue weighted by Gasteiger charge is -2.34. The molecule has 2 aliphatic rings. The van der Waals surface area contributed by atoms with E-state index in [0.29, 0.717) is 31.2 Å². The fraction of sp³-hybridized carbons (Fsp3) is 0.412. The number of benzene rings is 1. The van der Waals surface area contributed by atoms with Crippen molar-refractivity contribution >= 4 is 29.5 Å². The molecule has 0 spiro atoms. The summed E-state index contributed by atoms with van der Waals surface area (Å²) in [6, 6.07) is 7.35. The summed E-state index contributed by atoms with van der Waals surface area (Å²) in [6.07, 6.45) is 5.44. The molecule has 0 unspecified atom stereocenters. The number of nitrogens with zero attached hydrogens (tertiary/aromatic N) is 2. The van der Waals surface area contributed by atoms with Gasteiger partial charge < -0.3 is 9.80 Å². The van der Waals surface area contributed by atoms with Gasteiger partial charge in [-0.05, 0) is 36.6 Å². The maximum atomic E-state index is 12.2. The van der Waals surface area contributed by atoms with Crippen LogP contribution in [0.4, 0.5) is 0 Å². The van der Waals surface area contributed by atoms with E-state index in [-0.39, 0.29) is 17.7 Å². The minimum Gasteiger partial charge on any atom is -0.339 e. The summed E-state index contributed by atoms with van der Waals surface area (Å²) in [7, 11) is 0. The van der Waals surface area contributed by atoms with Crippen LogP contribution < -0.4 is 0 Å². The van der Waals surface area contributed by atoms with Gasteiger partial charge in [-0.1, -0.05) is 23.7 Å². The van der Waals surface area contributed by atoms with Gasteiger partial charge in [0.25, 0.3) is 0 Å². The lowest BCUT2D eigenvalue weighted by Crippen LogP contribution is -2.50. The van der Waals surface area contributed by atoms with E-state index in [1.54, 1.807) is 29.2 Å². The summed E-state index contributed by atoms with van der Waals surface area (Å²) in [5.74, 6) is 0.518. The fourth-order valence-corrected chi connectivity index (χ4v) is 2.71. The summed E-state index contributed by atoms with van der Waals surface area (Å²) in [5, 5.41) is 0.680.